The van der Waals surface area contributed by atoms with Gasteiger partial charge in [0.1, 0.15) is 0 Å². The van der Waals surface area contributed by atoms with Crippen molar-refractivity contribution >= 4 is 0 Å². The molecule has 0 spiro atoms. The van der Waals surface area contributed by atoms with Crippen molar-refractivity contribution in [1.82, 2.24) is 4.90 Å². The summed E-state index contributed by atoms with van der Waals surface area (Å²) in [5.74, 6) is 0. The van der Waals surface area contributed by atoms with Gasteiger partial charge < -0.3 is 10.0 Å². The van der Waals surface area contributed by atoms with E-state index in [-0.39, 0.29) is 5.60 Å². The second-order valence-corrected chi connectivity index (χ2v) is 3.81. The molecule has 3 aliphatic heterocycles. The van der Waals surface area contributed by atoms with Gasteiger partial charge in [-0.3, -0.25) is 0 Å². The third-order valence-corrected chi connectivity index (χ3v) is 3.03. The Bertz CT molecular complexity index is 138. The van der Waals surface area contributed by atoms with Gasteiger partial charge in [-0.25, -0.2) is 0 Å². The van der Waals surface area contributed by atoms with E-state index in [1.807, 2.05) is 0 Å². The Kier molecular flexibility index (Phi) is 1.29. The first kappa shape index (κ1) is 6.62. The summed E-state index contributed by atoms with van der Waals surface area (Å²) < 4.78 is 0. The van der Waals surface area contributed by atoms with Gasteiger partial charge in [-0.1, -0.05) is 0 Å². The first-order chi connectivity index (χ1) is 4.70. The Balaban J connectivity index is 2.14. The van der Waals surface area contributed by atoms with E-state index < -0.39 is 0 Å². The minimum atomic E-state index is -0.284. The van der Waals surface area contributed by atoms with Crippen LogP contribution in [0.2, 0.25) is 0 Å². The molecule has 2 bridgehead atoms. The van der Waals surface area contributed by atoms with E-state index in [1.165, 1.54) is 0 Å². The largest absolute Gasteiger partial charge is 0.390 e. The van der Waals surface area contributed by atoms with Crippen LogP contribution in [-0.2, 0) is 0 Å². The van der Waals surface area contributed by atoms with Crippen LogP contribution in [0.1, 0.15) is 26.2 Å². The highest BCUT2D eigenvalue weighted by Gasteiger charge is 2.41. The molecule has 3 fully saturated rings. The second kappa shape index (κ2) is 1.95. The molecule has 1 atom stereocenters. The Morgan fingerprint density at radius 2 is 2.00 bits per heavy atom. The third kappa shape index (κ3) is 0.867. The van der Waals surface area contributed by atoms with Crippen LogP contribution in [-0.4, -0.2) is 34.7 Å². The Labute approximate surface area is 61.8 Å². The summed E-state index contributed by atoms with van der Waals surface area (Å²) in [6.45, 7) is 4.43. The van der Waals surface area contributed by atoms with Crippen LogP contribution in [0.5, 0.6) is 0 Å². The van der Waals surface area contributed by atoms with Crippen LogP contribution in [0.15, 0.2) is 0 Å². The molecule has 1 unspecified atom stereocenters. The lowest BCUT2D eigenvalue weighted by Gasteiger charge is -2.49. The van der Waals surface area contributed by atoms with Crippen LogP contribution >= 0.6 is 0 Å². The molecule has 3 heterocycles. The van der Waals surface area contributed by atoms with Crippen molar-refractivity contribution in [3.05, 3.63) is 0 Å². The highest BCUT2D eigenvalue weighted by atomic mass is 16.3. The van der Waals surface area contributed by atoms with E-state index in [4.69, 9.17) is 0 Å². The van der Waals surface area contributed by atoms with E-state index in [0.717, 1.165) is 32.4 Å². The van der Waals surface area contributed by atoms with Crippen molar-refractivity contribution in [3.63, 3.8) is 0 Å². The molecule has 0 aromatic carbocycles. The monoisotopic (exact) mass is 141 g/mol. The molecular formula is C8H15NO. The smallest absolute Gasteiger partial charge is 0.0687 e. The zero-order valence-electron chi connectivity index (χ0n) is 6.51. The quantitative estimate of drug-likeness (QED) is 0.534. The molecule has 1 N–H and O–H groups in total. The molecule has 0 amide bonds. The Hall–Kier alpha value is -0.0800. The second-order valence-electron chi connectivity index (χ2n) is 3.81. The summed E-state index contributed by atoms with van der Waals surface area (Å²) in [5, 5.41) is 9.86. The molecule has 0 aromatic heterocycles. The number of hydrogen-bond donors (Lipinski definition) is 1. The Morgan fingerprint density at radius 3 is 2.30 bits per heavy atom. The maximum absolute atomic E-state index is 9.86. The van der Waals surface area contributed by atoms with E-state index >= 15 is 0 Å². The van der Waals surface area contributed by atoms with Gasteiger partial charge in [-0.15, -0.1) is 0 Å². The third-order valence-electron chi connectivity index (χ3n) is 3.03. The number of piperidine rings is 3. The van der Waals surface area contributed by atoms with Gasteiger partial charge in [0, 0.05) is 19.1 Å². The predicted molar refractivity (Wildman–Crippen MR) is 39.8 cm³/mol. The minimum absolute atomic E-state index is 0.284. The molecule has 10 heavy (non-hydrogen) atoms. The van der Waals surface area contributed by atoms with E-state index in [0.29, 0.717) is 6.04 Å². The molecule has 0 aliphatic carbocycles. The highest BCUT2D eigenvalue weighted by Crippen LogP contribution is 2.34. The molecule has 0 aromatic rings. The molecule has 3 saturated heterocycles. The summed E-state index contributed by atoms with van der Waals surface area (Å²) >= 11 is 0. The minimum Gasteiger partial charge on any atom is -0.390 e. The lowest BCUT2D eigenvalue weighted by molar-refractivity contribution is -0.0940. The van der Waals surface area contributed by atoms with E-state index in [9.17, 15) is 5.11 Å². The van der Waals surface area contributed by atoms with Crippen molar-refractivity contribution in [2.45, 2.75) is 37.8 Å². The number of nitrogens with zero attached hydrogens (tertiary/aromatic N) is 1. The van der Waals surface area contributed by atoms with Crippen LogP contribution in [0.4, 0.5) is 0 Å². The van der Waals surface area contributed by atoms with Gasteiger partial charge in [0.05, 0.1) is 5.60 Å². The van der Waals surface area contributed by atoms with Gasteiger partial charge >= 0.3 is 0 Å². The Morgan fingerprint density at radius 1 is 1.40 bits per heavy atom. The lowest BCUT2D eigenvalue weighted by Crippen LogP contribution is -2.56. The summed E-state index contributed by atoms with van der Waals surface area (Å²) in [6, 6.07) is 0.618. The van der Waals surface area contributed by atoms with Crippen molar-refractivity contribution < 1.29 is 5.11 Å². The fourth-order valence-electron chi connectivity index (χ4n) is 2.26. The van der Waals surface area contributed by atoms with Crippen molar-refractivity contribution in [1.29, 1.82) is 0 Å². The molecular weight excluding hydrogens is 126 g/mol. The normalized spacial score (nSPS) is 53.4. The van der Waals surface area contributed by atoms with Gasteiger partial charge in [0.15, 0.2) is 0 Å². The molecule has 0 saturated carbocycles. The van der Waals surface area contributed by atoms with Gasteiger partial charge in [0.2, 0.25) is 0 Å². The van der Waals surface area contributed by atoms with Crippen LogP contribution in [0, 0.1) is 0 Å². The number of aliphatic hydroxyl groups is 1. The maximum atomic E-state index is 9.86. The molecule has 2 nitrogen and oxygen atoms in total. The number of hydrogen-bond acceptors (Lipinski definition) is 2. The molecule has 58 valence electrons. The van der Waals surface area contributed by atoms with Crippen molar-refractivity contribution in [2.75, 3.05) is 13.1 Å². The van der Waals surface area contributed by atoms with Crippen molar-refractivity contribution in [2.24, 2.45) is 0 Å². The predicted octanol–water partition coefficient (Wildman–Crippen LogP) is 0.605. The average molecular weight is 141 g/mol. The summed E-state index contributed by atoms with van der Waals surface area (Å²) in [6.07, 6.45) is 2.99. The van der Waals surface area contributed by atoms with E-state index in [1.54, 1.807) is 0 Å². The average Bonchev–Trinajstić information content (AvgIpc) is 1.87. The molecule has 2 heteroatoms. The van der Waals surface area contributed by atoms with Gasteiger partial charge in [-0.05, 0) is 26.2 Å². The highest BCUT2D eigenvalue weighted by molar-refractivity contribution is 4.95. The van der Waals surface area contributed by atoms with Crippen LogP contribution in [0.3, 0.4) is 0 Å². The first-order valence-electron chi connectivity index (χ1n) is 4.16. The number of fused-ring (bicyclic) bond motifs is 3. The van der Waals surface area contributed by atoms with Crippen molar-refractivity contribution in [3.8, 4) is 0 Å². The summed E-state index contributed by atoms with van der Waals surface area (Å²) in [4.78, 5) is 2.47. The lowest BCUT2D eigenvalue weighted by atomic mass is 9.80. The number of rotatable bonds is 0. The van der Waals surface area contributed by atoms with Crippen LogP contribution < -0.4 is 0 Å². The fraction of sp³-hybridized carbons (Fsp3) is 1.00. The first-order valence-corrected chi connectivity index (χ1v) is 4.16. The van der Waals surface area contributed by atoms with E-state index in [2.05, 4.69) is 11.8 Å². The summed E-state index contributed by atoms with van der Waals surface area (Å²) in [5.41, 5.74) is -0.284. The zero-order chi connectivity index (χ0) is 7.19. The molecule has 3 aliphatic rings. The van der Waals surface area contributed by atoms with Crippen LogP contribution in [0.25, 0.3) is 0 Å². The topological polar surface area (TPSA) is 23.5 Å². The zero-order valence-corrected chi connectivity index (χ0v) is 6.51. The summed E-state index contributed by atoms with van der Waals surface area (Å²) in [7, 11) is 0. The molecule has 0 radical (unpaired) electrons. The SMILES string of the molecule is CC1CC2(O)CCN1CC2. The fourth-order valence-corrected chi connectivity index (χ4v) is 2.26. The van der Waals surface area contributed by atoms with Gasteiger partial charge in [0.25, 0.3) is 0 Å². The van der Waals surface area contributed by atoms with Gasteiger partial charge in [-0.2, -0.15) is 0 Å². The standard InChI is InChI=1S/C8H15NO/c1-7-6-8(10)2-4-9(7)5-3-8/h7,10H,2-6H2,1H3. The molecule has 3 rings (SSSR count). The maximum Gasteiger partial charge on any atom is 0.0687 e.